The summed E-state index contributed by atoms with van der Waals surface area (Å²) >= 11 is 1.35. The summed E-state index contributed by atoms with van der Waals surface area (Å²) in [6.07, 6.45) is 2.62. The molecule has 4 aromatic rings. The average Bonchev–Trinajstić information content (AvgIpc) is 2.89. The lowest BCUT2D eigenvalue weighted by Gasteiger charge is -2.47. The maximum atomic E-state index is 13.6. The van der Waals surface area contributed by atoms with E-state index in [0.29, 0.717) is 5.56 Å². The fourth-order valence-electron chi connectivity index (χ4n) is 4.26. The fourth-order valence-corrected chi connectivity index (χ4v) is 5.56. The second-order valence-corrected chi connectivity index (χ2v) is 9.53. The number of carbonyl (C=O) groups is 1. The normalized spacial score (nSPS) is 18.2. The molecule has 0 aliphatic carbocycles. The molecule has 0 radical (unpaired) electrons. The molecule has 5 rings (SSSR count). The van der Waals surface area contributed by atoms with Crippen LogP contribution in [0.5, 0.6) is 5.75 Å². The minimum absolute atomic E-state index is 0.0614. The van der Waals surface area contributed by atoms with Crippen LogP contribution >= 0.6 is 11.8 Å². The van der Waals surface area contributed by atoms with E-state index in [1.165, 1.54) is 23.9 Å². The molecule has 2 N–H and O–H groups in total. The van der Waals surface area contributed by atoms with E-state index in [1.807, 2.05) is 36.4 Å². The first kappa shape index (κ1) is 23.1. The first-order chi connectivity index (χ1) is 17.0. The number of anilines is 1. The Labute approximate surface area is 206 Å². The van der Waals surface area contributed by atoms with Crippen molar-refractivity contribution in [3.8, 4) is 16.9 Å². The number of aliphatic hydroxyl groups is 1. The number of aromatic hydroxyl groups is 1. The van der Waals surface area contributed by atoms with Crippen LogP contribution in [0, 0.1) is 5.82 Å². The van der Waals surface area contributed by atoms with Crippen LogP contribution in [0.2, 0.25) is 0 Å². The lowest BCUT2D eigenvalue weighted by Crippen LogP contribution is -2.57. The summed E-state index contributed by atoms with van der Waals surface area (Å²) in [6.45, 7) is 0. The molecule has 0 saturated carbocycles. The fraction of sp³-hybridized carbons (Fsp3) is 0.143. The number of aromatic nitrogens is 1. The lowest BCUT2D eigenvalue weighted by atomic mass is 9.92. The van der Waals surface area contributed by atoms with Gasteiger partial charge in [0, 0.05) is 23.8 Å². The van der Waals surface area contributed by atoms with Crippen molar-refractivity contribution in [2.45, 2.75) is 17.4 Å². The van der Waals surface area contributed by atoms with Gasteiger partial charge in [0.05, 0.1) is 12.1 Å². The highest BCUT2D eigenvalue weighted by Gasteiger charge is 2.49. The van der Waals surface area contributed by atoms with Crippen LogP contribution < -0.4 is 4.90 Å². The number of amides is 1. The highest BCUT2D eigenvalue weighted by atomic mass is 32.2. The van der Waals surface area contributed by atoms with Crippen molar-refractivity contribution in [3.05, 3.63) is 114 Å². The maximum absolute atomic E-state index is 13.6. The smallest absolute Gasteiger partial charge is 0.243 e. The Hall–Kier alpha value is -3.68. The molecule has 1 amide bonds. The van der Waals surface area contributed by atoms with Gasteiger partial charge in [0.1, 0.15) is 16.8 Å². The van der Waals surface area contributed by atoms with Crippen LogP contribution in [0.25, 0.3) is 11.1 Å². The number of benzene rings is 3. The van der Waals surface area contributed by atoms with Crippen molar-refractivity contribution in [3.63, 3.8) is 0 Å². The molecule has 0 spiro atoms. The van der Waals surface area contributed by atoms with Gasteiger partial charge in [-0.2, -0.15) is 0 Å². The minimum Gasteiger partial charge on any atom is -0.508 e. The number of β-lactam (4-membered cyclic amide) rings is 1. The summed E-state index contributed by atoms with van der Waals surface area (Å²) in [7, 11) is 0. The van der Waals surface area contributed by atoms with E-state index in [9.17, 15) is 19.4 Å². The van der Waals surface area contributed by atoms with Crippen LogP contribution in [0.3, 0.4) is 0 Å². The Kier molecular flexibility index (Phi) is 6.53. The van der Waals surface area contributed by atoms with Crippen molar-refractivity contribution >= 4 is 23.4 Å². The van der Waals surface area contributed by atoms with Crippen LogP contribution in [0.15, 0.2) is 97.3 Å². The maximum Gasteiger partial charge on any atom is 0.243 e. The van der Waals surface area contributed by atoms with E-state index < -0.39 is 17.2 Å². The SMILES string of the molecule is O=C1[C@H](SC[C@@H](O)c2cccc(F)c2)[C@@H](c2ccc(O)cc2)N1c1ccc(-c2cccnc2)cc1. The van der Waals surface area contributed by atoms with Gasteiger partial charge in [0.2, 0.25) is 5.91 Å². The van der Waals surface area contributed by atoms with Crippen LogP contribution in [0.4, 0.5) is 10.1 Å². The van der Waals surface area contributed by atoms with Crippen molar-refractivity contribution in [1.82, 2.24) is 4.98 Å². The van der Waals surface area contributed by atoms with Gasteiger partial charge in [-0.05, 0) is 64.7 Å². The van der Waals surface area contributed by atoms with E-state index in [1.54, 1.807) is 53.7 Å². The van der Waals surface area contributed by atoms with Crippen LogP contribution in [-0.2, 0) is 4.79 Å². The molecule has 2 heterocycles. The summed E-state index contributed by atoms with van der Waals surface area (Å²) in [4.78, 5) is 19.2. The highest BCUT2D eigenvalue weighted by molar-refractivity contribution is 8.00. The molecular weight excluding hydrogens is 463 g/mol. The molecule has 7 heteroatoms. The summed E-state index contributed by atoms with van der Waals surface area (Å²) in [5.74, 6) is -0.0670. The monoisotopic (exact) mass is 486 g/mol. The number of phenols is 1. The summed E-state index contributed by atoms with van der Waals surface area (Å²) in [5, 5.41) is 19.9. The van der Waals surface area contributed by atoms with Gasteiger partial charge in [-0.25, -0.2) is 4.39 Å². The molecule has 5 nitrogen and oxygen atoms in total. The first-order valence-electron chi connectivity index (χ1n) is 11.2. The molecule has 0 unspecified atom stereocenters. The van der Waals surface area contributed by atoms with Gasteiger partial charge in [0.25, 0.3) is 0 Å². The third-order valence-corrected chi connectivity index (χ3v) is 7.41. The molecule has 3 aromatic carbocycles. The molecule has 1 aromatic heterocycles. The largest absolute Gasteiger partial charge is 0.508 e. The van der Waals surface area contributed by atoms with Crippen molar-refractivity contribution < 1.29 is 19.4 Å². The van der Waals surface area contributed by atoms with Crippen LogP contribution in [0.1, 0.15) is 23.3 Å². The number of nitrogens with zero attached hydrogens (tertiary/aromatic N) is 2. The third kappa shape index (κ3) is 4.78. The van der Waals surface area contributed by atoms with E-state index in [-0.39, 0.29) is 23.5 Å². The number of aliphatic hydroxyl groups excluding tert-OH is 1. The Morgan fingerprint density at radius 3 is 2.43 bits per heavy atom. The van der Waals surface area contributed by atoms with Gasteiger partial charge >= 0.3 is 0 Å². The molecule has 35 heavy (non-hydrogen) atoms. The Bertz CT molecular complexity index is 1320. The number of halogens is 1. The number of hydrogen-bond acceptors (Lipinski definition) is 5. The average molecular weight is 487 g/mol. The molecule has 176 valence electrons. The minimum atomic E-state index is -0.892. The summed E-state index contributed by atoms with van der Waals surface area (Å²) in [6, 6.07) is 24.0. The van der Waals surface area contributed by atoms with Gasteiger partial charge in [-0.15, -0.1) is 11.8 Å². The second kappa shape index (κ2) is 9.90. The molecule has 1 aliphatic rings. The number of hydrogen-bond donors (Lipinski definition) is 2. The predicted molar refractivity (Wildman–Crippen MR) is 136 cm³/mol. The molecular formula is C28H23FN2O3S. The van der Waals surface area contributed by atoms with Crippen molar-refractivity contribution in [2.24, 2.45) is 0 Å². The Morgan fingerprint density at radius 1 is 0.971 bits per heavy atom. The number of pyridine rings is 1. The number of carbonyl (C=O) groups excluding carboxylic acids is 1. The van der Waals surface area contributed by atoms with Crippen molar-refractivity contribution in [1.29, 1.82) is 0 Å². The van der Waals surface area contributed by atoms with E-state index >= 15 is 0 Å². The predicted octanol–water partition coefficient (Wildman–Crippen LogP) is 5.52. The van der Waals surface area contributed by atoms with Crippen molar-refractivity contribution in [2.75, 3.05) is 10.7 Å². The highest BCUT2D eigenvalue weighted by Crippen LogP contribution is 2.46. The summed E-state index contributed by atoms with van der Waals surface area (Å²) in [5.41, 5.74) is 4.12. The zero-order valence-corrected chi connectivity index (χ0v) is 19.5. The first-order valence-corrected chi connectivity index (χ1v) is 12.2. The summed E-state index contributed by atoms with van der Waals surface area (Å²) < 4.78 is 13.6. The molecule has 0 bridgehead atoms. The van der Waals surface area contributed by atoms with E-state index in [2.05, 4.69) is 4.98 Å². The third-order valence-electron chi connectivity index (χ3n) is 6.09. The number of phenolic OH excluding ortho intramolecular Hbond substituents is 1. The zero-order chi connectivity index (χ0) is 24.4. The quantitative estimate of drug-likeness (QED) is 0.337. The second-order valence-electron chi connectivity index (χ2n) is 8.36. The topological polar surface area (TPSA) is 73.7 Å². The number of thioether (sulfide) groups is 1. The van der Waals surface area contributed by atoms with Gasteiger partial charge in [-0.1, -0.05) is 42.5 Å². The number of rotatable bonds is 7. The lowest BCUT2D eigenvalue weighted by molar-refractivity contribution is -0.123. The van der Waals surface area contributed by atoms with Crippen LogP contribution in [-0.4, -0.2) is 32.1 Å². The van der Waals surface area contributed by atoms with Gasteiger partial charge in [-0.3, -0.25) is 9.78 Å². The zero-order valence-electron chi connectivity index (χ0n) is 18.7. The van der Waals surface area contributed by atoms with Gasteiger partial charge in [0.15, 0.2) is 0 Å². The standard InChI is InChI=1S/C28H23FN2O3S/c29-22-5-1-3-20(15-22)25(33)17-35-27-26(19-8-12-24(32)13-9-19)31(28(27)34)23-10-6-18(7-11-23)21-4-2-14-30-16-21/h1-16,25-27,32-33H,17H2/t25-,26-,27-/m1/s1. The van der Waals surface area contributed by atoms with E-state index in [0.717, 1.165) is 22.4 Å². The molecule has 1 aliphatic heterocycles. The Balaban J connectivity index is 1.38. The molecule has 1 saturated heterocycles. The van der Waals surface area contributed by atoms with E-state index in [4.69, 9.17) is 0 Å². The molecule has 1 fully saturated rings. The molecule has 3 atom stereocenters. The van der Waals surface area contributed by atoms with Gasteiger partial charge < -0.3 is 15.1 Å². The Morgan fingerprint density at radius 2 is 1.74 bits per heavy atom.